The van der Waals surface area contributed by atoms with Crippen molar-refractivity contribution in [2.75, 3.05) is 21.2 Å². The van der Waals surface area contributed by atoms with Crippen LogP contribution in [0.15, 0.2) is 18.2 Å². The molecule has 0 saturated carbocycles. The summed E-state index contributed by atoms with van der Waals surface area (Å²) in [4.78, 5) is 13.1. The zero-order valence-electron chi connectivity index (χ0n) is 9.53. The zero-order valence-corrected chi connectivity index (χ0v) is 10.3. The van der Waals surface area contributed by atoms with Gasteiger partial charge in [-0.25, -0.2) is 0 Å². The van der Waals surface area contributed by atoms with E-state index < -0.39 is 11.9 Å². The van der Waals surface area contributed by atoms with Crippen LogP contribution in [0.3, 0.4) is 0 Å². The van der Waals surface area contributed by atoms with Gasteiger partial charge in [0.05, 0.1) is 7.11 Å². The second-order valence-electron chi connectivity index (χ2n) is 3.65. The highest BCUT2D eigenvalue weighted by atomic mass is 35.5. The van der Waals surface area contributed by atoms with Crippen LogP contribution in [0.2, 0.25) is 5.02 Å². The van der Waals surface area contributed by atoms with Crippen LogP contribution in [-0.4, -0.2) is 32.0 Å². The smallest absolute Gasteiger partial charge is 0.239 e. The van der Waals surface area contributed by atoms with E-state index in [2.05, 4.69) is 0 Å². The lowest BCUT2D eigenvalue weighted by molar-refractivity contribution is -0.122. The van der Waals surface area contributed by atoms with Crippen LogP contribution < -0.4 is 10.5 Å². The summed E-state index contributed by atoms with van der Waals surface area (Å²) in [5.74, 6) is 0.160. The predicted molar refractivity (Wildman–Crippen MR) is 63.6 cm³/mol. The van der Waals surface area contributed by atoms with Crippen LogP contribution in [0.1, 0.15) is 11.6 Å². The highest BCUT2D eigenvalue weighted by molar-refractivity contribution is 6.30. The first-order valence-electron chi connectivity index (χ1n) is 4.76. The number of carbonyl (C=O) groups excluding carboxylic acids is 1. The number of ether oxygens (including phenoxy) is 1. The van der Waals surface area contributed by atoms with E-state index in [9.17, 15) is 4.79 Å². The third-order valence-corrected chi connectivity index (χ3v) is 2.51. The summed E-state index contributed by atoms with van der Waals surface area (Å²) in [6.07, 6.45) is 0. The summed E-state index contributed by atoms with van der Waals surface area (Å²) in [5.41, 5.74) is 6.04. The van der Waals surface area contributed by atoms with Gasteiger partial charge in [0.15, 0.2) is 0 Å². The first-order chi connectivity index (χ1) is 7.47. The number of amides is 1. The summed E-state index contributed by atoms with van der Waals surface area (Å²) in [6, 6.07) is 4.57. The number of halogens is 1. The van der Waals surface area contributed by atoms with E-state index in [4.69, 9.17) is 22.1 Å². The van der Waals surface area contributed by atoms with Crippen molar-refractivity contribution >= 4 is 17.5 Å². The number of primary amides is 1. The number of nitrogens with zero attached hydrogens (tertiary/aromatic N) is 1. The topological polar surface area (TPSA) is 55.6 Å². The van der Waals surface area contributed by atoms with E-state index in [1.54, 1.807) is 44.3 Å². The van der Waals surface area contributed by atoms with Gasteiger partial charge in [0.25, 0.3) is 0 Å². The molecule has 0 spiro atoms. The molecule has 2 N–H and O–H groups in total. The summed E-state index contributed by atoms with van der Waals surface area (Å²) >= 11 is 5.90. The Labute approximate surface area is 99.9 Å². The monoisotopic (exact) mass is 242 g/mol. The fourth-order valence-electron chi connectivity index (χ4n) is 1.60. The van der Waals surface area contributed by atoms with E-state index in [-0.39, 0.29) is 0 Å². The van der Waals surface area contributed by atoms with Gasteiger partial charge in [-0.2, -0.15) is 0 Å². The Morgan fingerprint density at radius 2 is 2.12 bits per heavy atom. The molecule has 16 heavy (non-hydrogen) atoms. The second-order valence-corrected chi connectivity index (χ2v) is 4.09. The van der Waals surface area contributed by atoms with Gasteiger partial charge in [-0.05, 0) is 32.3 Å². The molecule has 1 rings (SSSR count). The van der Waals surface area contributed by atoms with Crippen molar-refractivity contribution in [1.82, 2.24) is 4.90 Å². The first-order valence-corrected chi connectivity index (χ1v) is 5.14. The lowest BCUT2D eigenvalue weighted by atomic mass is 10.0. The number of hydrogen-bond acceptors (Lipinski definition) is 3. The fraction of sp³-hybridized carbons (Fsp3) is 0.364. The Balaban J connectivity index is 3.26. The maximum atomic E-state index is 11.4. The Morgan fingerprint density at radius 1 is 1.50 bits per heavy atom. The summed E-state index contributed by atoms with van der Waals surface area (Å²) < 4.78 is 5.19. The first kappa shape index (κ1) is 12.8. The fourth-order valence-corrected chi connectivity index (χ4v) is 1.79. The van der Waals surface area contributed by atoms with Crippen LogP contribution in [0.4, 0.5) is 0 Å². The Hall–Kier alpha value is -1.26. The molecular formula is C11H15ClN2O2. The molecule has 0 fully saturated rings. The molecule has 1 amide bonds. The molecule has 1 aromatic carbocycles. The van der Waals surface area contributed by atoms with Gasteiger partial charge in [0.2, 0.25) is 5.91 Å². The third-order valence-electron chi connectivity index (χ3n) is 2.27. The zero-order chi connectivity index (χ0) is 12.3. The lowest BCUT2D eigenvalue weighted by Crippen LogP contribution is -2.33. The van der Waals surface area contributed by atoms with Crippen LogP contribution in [0.25, 0.3) is 0 Å². The van der Waals surface area contributed by atoms with E-state index in [1.165, 1.54) is 0 Å². The summed E-state index contributed by atoms with van der Waals surface area (Å²) in [7, 11) is 5.09. The van der Waals surface area contributed by atoms with E-state index in [0.29, 0.717) is 16.3 Å². The molecule has 4 nitrogen and oxygen atoms in total. The summed E-state index contributed by atoms with van der Waals surface area (Å²) in [5, 5.41) is 0.545. The maximum Gasteiger partial charge on any atom is 0.239 e. The molecule has 0 aromatic heterocycles. The molecule has 1 unspecified atom stereocenters. The van der Waals surface area contributed by atoms with Crippen molar-refractivity contribution in [1.29, 1.82) is 0 Å². The normalized spacial score (nSPS) is 12.6. The van der Waals surface area contributed by atoms with Gasteiger partial charge in [0.1, 0.15) is 11.8 Å². The van der Waals surface area contributed by atoms with Gasteiger partial charge >= 0.3 is 0 Å². The molecule has 1 atom stereocenters. The molecule has 88 valence electrons. The molecule has 0 aliphatic heterocycles. The minimum atomic E-state index is -0.548. The average Bonchev–Trinajstić information content (AvgIpc) is 2.17. The number of rotatable bonds is 4. The number of methoxy groups -OCH3 is 1. The van der Waals surface area contributed by atoms with E-state index in [1.807, 2.05) is 0 Å². The highest BCUT2D eigenvalue weighted by Gasteiger charge is 2.23. The van der Waals surface area contributed by atoms with Crippen LogP contribution >= 0.6 is 11.6 Å². The van der Waals surface area contributed by atoms with Gasteiger partial charge in [-0.3, -0.25) is 9.69 Å². The number of nitrogens with two attached hydrogens (primary N) is 1. The van der Waals surface area contributed by atoms with E-state index >= 15 is 0 Å². The quantitative estimate of drug-likeness (QED) is 0.869. The molecule has 0 bridgehead atoms. The van der Waals surface area contributed by atoms with Gasteiger partial charge in [-0.15, -0.1) is 0 Å². The molecule has 0 aliphatic carbocycles. The Bertz CT molecular complexity index is 394. The van der Waals surface area contributed by atoms with Crippen molar-refractivity contribution in [2.45, 2.75) is 6.04 Å². The largest absolute Gasteiger partial charge is 0.496 e. The number of likely N-dealkylation sites (N-methyl/N-ethyl adjacent to an activating group) is 1. The SMILES string of the molecule is COc1ccc(Cl)cc1C(C(N)=O)N(C)C. The lowest BCUT2D eigenvalue weighted by Gasteiger charge is -2.23. The van der Waals surface area contributed by atoms with Crippen LogP contribution in [-0.2, 0) is 4.79 Å². The van der Waals surface area contributed by atoms with Gasteiger partial charge in [0, 0.05) is 10.6 Å². The van der Waals surface area contributed by atoms with Crippen molar-refractivity contribution in [3.05, 3.63) is 28.8 Å². The van der Waals surface area contributed by atoms with Gasteiger partial charge in [-0.1, -0.05) is 11.6 Å². The average molecular weight is 243 g/mol. The molecule has 0 aliphatic rings. The number of carbonyl (C=O) groups is 1. The molecule has 5 heteroatoms. The third kappa shape index (κ3) is 2.65. The van der Waals surface area contributed by atoms with Gasteiger partial charge < -0.3 is 10.5 Å². The summed E-state index contributed by atoms with van der Waals surface area (Å²) in [6.45, 7) is 0. The van der Waals surface area contributed by atoms with Crippen molar-refractivity contribution in [2.24, 2.45) is 5.73 Å². The minimum Gasteiger partial charge on any atom is -0.496 e. The van der Waals surface area contributed by atoms with Crippen molar-refractivity contribution in [3.63, 3.8) is 0 Å². The Kier molecular flexibility index (Phi) is 4.15. The maximum absolute atomic E-state index is 11.4. The van der Waals surface area contributed by atoms with Crippen molar-refractivity contribution in [3.8, 4) is 5.75 Å². The molecular weight excluding hydrogens is 228 g/mol. The highest BCUT2D eigenvalue weighted by Crippen LogP contribution is 2.30. The standard InChI is InChI=1S/C11H15ClN2O2/c1-14(2)10(11(13)15)8-6-7(12)4-5-9(8)16-3/h4-6,10H,1-3H3,(H2,13,15). The number of benzene rings is 1. The van der Waals surface area contributed by atoms with Crippen LogP contribution in [0.5, 0.6) is 5.75 Å². The number of hydrogen-bond donors (Lipinski definition) is 1. The molecule has 0 saturated heterocycles. The molecule has 1 aromatic rings. The minimum absolute atomic E-state index is 0.439. The van der Waals surface area contributed by atoms with Crippen molar-refractivity contribution < 1.29 is 9.53 Å². The van der Waals surface area contributed by atoms with Crippen LogP contribution in [0, 0.1) is 0 Å². The second kappa shape index (κ2) is 5.18. The Morgan fingerprint density at radius 3 is 2.56 bits per heavy atom. The molecule has 0 radical (unpaired) electrons. The predicted octanol–water partition coefficient (Wildman–Crippen LogP) is 1.44. The van der Waals surface area contributed by atoms with E-state index in [0.717, 1.165) is 0 Å². The molecule has 0 heterocycles.